The maximum absolute atomic E-state index is 12.9. The van der Waals surface area contributed by atoms with Crippen molar-refractivity contribution in [2.75, 3.05) is 30.1 Å². The van der Waals surface area contributed by atoms with E-state index in [0.29, 0.717) is 12.1 Å². The first kappa shape index (κ1) is 43.9. The van der Waals surface area contributed by atoms with Crippen LogP contribution in [0.25, 0.3) is 10.8 Å². The van der Waals surface area contributed by atoms with Crippen LogP contribution in [0.5, 0.6) is 11.5 Å². The first-order valence-electron chi connectivity index (χ1n) is 15.0. The summed E-state index contributed by atoms with van der Waals surface area (Å²) in [5, 5.41) is 22.3. The summed E-state index contributed by atoms with van der Waals surface area (Å²) in [5.74, 6) is -3.01. The number of azo groups is 1. The van der Waals surface area contributed by atoms with Crippen LogP contribution in [0.15, 0.2) is 90.5 Å². The van der Waals surface area contributed by atoms with Crippen molar-refractivity contribution in [3.8, 4) is 11.5 Å². The monoisotopic (exact) mass is 925 g/mol. The van der Waals surface area contributed by atoms with Gasteiger partial charge >= 0.3 is 10.4 Å². The van der Waals surface area contributed by atoms with Crippen molar-refractivity contribution >= 4 is 108 Å². The molecule has 0 amide bonds. The van der Waals surface area contributed by atoms with Crippen molar-refractivity contribution in [3.05, 3.63) is 65.9 Å². The van der Waals surface area contributed by atoms with Crippen LogP contribution in [-0.4, -0.2) is 99.8 Å². The minimum absolute atomic E-state index is 0.00601. The van der Waals surface area contributed by atoms with Gasteiger partial charge in [0, 0.05) is 5.39 Å². The third-order valence-electron chi connectivity index (χ3n) is 7.32. The van der Waals surface area contributed by atoms with Gasteiger partial charge in [-0.15, -0.1) is 10.2 Å². The van der Waals surface area contributed by atoms with Gasteiger partial charge in [-0.1, -0.05) is 12.1 Å². The van der Waals surface area contributed by atoms with Crippen molar-refractivity contribution in [2.24, 2.45) is 10.2 Å². The number of halogens is 1. The van der Waals surface area contributed by atoms with Crippen molar-refractivity contribution in [1.29, 1.82) is 0 Å². The van der Waals surface area contributed by atoms with Crippen molar-refractivity contribution in [3.63, 3.8) is 0 Å². The number of rotatable bonds is 15. The largest absolute Gasteiger partial charge is 0.505 e. The highest BCUT2D eigenvalue weighted by molar-refractivity contribution is 7.91. The number of nitrogens with one attached hydrogen (secondary N) is 2. The second-order valence-electron chi connectivity index (χ2n) is 11.2. The molecule has 24 nitrogen and oxygen atoms in total. The standard InChI is InChI=1S/C28H24ClN7O17S5/c1-52-20-7-6-15(54(38,39)9-8-53-58(49,50)51)12-18(20)30-27-32-26(29)33-28(34-27)31-19-13-16(55(40,41)42)10-14-11-22(57(46,47)48)24(25(37)23(14)19)36-35-17-4-2-3-5-21(17)56(43,44)45/h2-7,10-13,37H,8-9H2,1H3,(H,40,41,42)(H,43,44,45)(H,46,47,48)(H,49,50,51)(H2,30,31,32,33,34). The highest BCUT2D eigenvalue weighted by Gasteiger charge is 2.27. The average molecular weight is 926 g/mol. The SMILES string of the molecule is COc1ccc(S(=O)(=O)CCOS(=O)(=O)O)cc1Nc1nc(Cl)nc(Nc2cc(S(=O)(=O)O)cc3cc(S(=O)(=O)O)c(N=Nc4ccccc4S(=O)(=O)O)c(O)c23)n1. The molecule has 0 saturated heterocycles. The maximum atomic E-state index is 12.9. The molecular formula is C28H24ClN7O17S5. The number of nitrogens with zero attached hydrogens (tertiary/aromatic N) is 5. The third kappa shape index (κ3) is 10.4. The van der Waals surface area contributed by atoms with Gasteiger partial charge in [0.05, 0.1) is 40.6 Å². The molecule has 0 aliphatic rings. The Kier molecular flexibility index (Phi) is 12.3. The predicted molar refractivity (Wildman–Crippen MR) is 200 cm³/mol. The van der Waals surface area contributed by atoms with E-state index in [0.717, 1.165) is 30.3 Å². The average Bonchev–Trinajstić information content (AvgIpc) is 3.09. The van der Waals surface area contributed by atoms with E-state index < -0.39 is 133 Å². The molecule has 0 aliphatic heterocycles. The van der Waals surface area contributed by atoms with Crippen molar-refractivity contribution < 1.29 is 74.3 Å². The van der Waals surface area contributed by atoms with Gasteiger partial charge < -0.3 is 20.5 Å². The summed E-state index contributed by atoms with van der Waals surface area (Å²) < 4.78 is 168. The number of fused-ring (bicyclic) bond motifs is 1. The number of sulfone groups is 1. The third-order valence-corrected chi connectivity index (χ3v) is 12.2. The number of benzene rings is 4. The summed E-state index contributed by atoms with van der Waals surface area (Å²) in [6.07, 6.45) is 0. The van der Waals surface area contributed by atoms with Gasteiger partial charge in [0.1, 0.15) is 26.9 Å². The van der Waals surface area contributed by atoms with Gasteiger partial charge in [0.2, 0.25) is 17.2 Å². The van der Waals surface area contributed by atoms with Gasteiger partial charge in [0.15, 0.2) is 15.6 Å². The Morgan fingerprint density at radius 1 is 0.707 bits per heavy atom. The zero-order chi connectivity index (χ0) is 43.0. The molecule has 0 bridgehead atoms. The molecule has 5 rings (SSSR count). The first-order chi connectivity index (χ1) is 26.8. The number of methoxy groups -OCH3 is 1. The Morgan fingerprint density at radius 2 is 1.31 bits per heavy atom. The highest BCUT2D eigenvalue weighted by atomic mass is 35.5. The second-order valence-corrected chi connectivity index (χ2v) is 18.9. The zero-order valence-electron chi connectivity index (χ0n) is 28.5. The lowest BCUT2D eigenvalue weighted by molar-refractivity contribution is 0.284. The van der Waals surface area contributed by atoms with E-state index in [2.05, 4.69) is 40.0 Å². The number of phenolic OH excluding ortho intramolecular Hbond substituents is 1. The van der Waals surface area contributed by atoms with Crippen molar-refractivity contribution in [1.82, 2.24) is 15.0 Å². The predicted octanol–water partition coefficient (Wildman–Crippen LogP) is 3.63. The summed E-state index contributed by atoms with van der Waals surface area (Å²) in [6.45, 7) is -0.930. The molecular weight excluding hydrogens is 902 g/mol. The van der Waals surface area contributed by atoms with Gasteiger partial charge in [-0.05, 0) is 65.5 Å². The number of ether oxygens (including phenoxy) is 1. The van der Waals surface area contributed by atoms with E-state index in [4.69, 9.17) is 20.9 Å². The lowest BCUT2D eigenvalue weighted by Crippen LogP contribution is -2.15. The molecule has 30 heteroatoms. The molecule has 1 heterocycles. The smallest absolute Gasteiger partial charge is 0.397 e. The molecule has 1 aromatic heterocycles. The summed E-state index contributed by atoms with van der Waals surface area (Å²) in [7, 11) is -23.3. The number of aromatic nitrogens is 3. The van der Waals surface area contributed by atoms with Crippen molar-refractivity contribution in [2.45, 2.75) is 19.6 Å². The fourth-order valence-electron chi connectivity index (χ4n) is 4.91. The molecule has 58 heavy (non-hydrogen) atoms. The summed E-state index contributed by atoms with van der Waals surface area (Å²) in [4.78, 5) is 8.59. The molecule has 0 fully saturated rings. The summed E-state index contributed by atoms with van der Waals surface area (Å²) >= 11 is 6.13. The number of hydrogen-bond donors (Lipinski definition) is 7. The van der Waals surface area contributed by atoms with Crippen LogP contribution in [0.4, 0.5) is 34.6 Å². The van der Waals surface area contributed by atoms with Gasteiger partial charge in [-0.3, -0.25) is 18.2 Å². The first-order valence-corrected chi connectivity index (χ1v) is 22.7. The molecule has 0 radical (unpaired) electrons. The quantitative estimate of drug-likeness (QED) is 0.0582. The fraction of sp³-hybridized carbons (Fsp3) is 0.107. The topological polar surface area (TPSA) is 378 Å². The Bertz CT molecular complexity index is 3080. The summed E-state index contributed by atoms with van der Waals surface area (Å²) in [5.41, 5.74) is -2.19. The fourth-order valence-corrected chi connectivity index (χ4v) is 8.41. The molecule has 5 aromatic rings. The lowest BCUT2D eigenvalue weighted by atomic mass is 10.1. The van der Waals surface area contributed by atoms with E-state index in [1.165, 1.54) is 25.3 Å². The number of hydrogen-bond acceptors (Lipinski definition) is 20. The Balaban J connectivity index is 1.64. The van der Waals surface area contributed by atoms with E-state index >= 15 is 0 Å². The number of aromatic hydroxyl groups is 1. The molecule has 0 atom stereocenters. The molecule has 7 N–H and O–H groups in total. The normalized spacial score (nSPS) is 12.9. The number of phenols is 1. The van der Waals surface area contributed by atoms with Crippen LogP contribution in [-0.2, 0) is 54.8 Å². The molecule has 310 valence electrons. The molecule has 0 saturated carbocycles. The molecule has 4 aromatic carbocycles. The van der Waals surface area contributed by atoms with Crippen LogP contribution in [0.2, 0.25) is 5.28 Å². The van der Waals surface area contributed by atoms with E-state index in [-0.39, 0.29) is 11.4 Å². The van der Waals surface area contributed by atoms with Crippen LogP contribution < -0.4 is 15.4 Å². The minimum atomic E-state index is -5.34. The Labute approximate surface area is 332 Å². The van der Waals surface area contributed by atoms with Gasteiger partial charge in [-0.25, -0.2) is 12.6 Å². The van der Waals surface area contributed by atoms with Gasteiger partial charge in [-0.2, -0.15) is 48.6 Å². The molecule has 0 unspecified atom stereocenters. The van der Waals surface area contributed by atoms with Crippen LogP contribution in [0.3, 0.4) is 0 Å². The highest BCUT2D eigenvalue weighted by Crippen LogP contribution is 2.46. The molecule has 0 spiro atoms. The lowest BCUT2D eigenvalue weighted by Gasteiger charge is -2.16. The van der Waals surface area contributed by atoms with E-state index in [9.17, 15) is 60.9 Å². The van der Waals surface area contributed by atoms with E-state index in [1.54, 1.807) is 0 Å². The molecule has 0 aliphatic carbocycles. The van der Waals surface area contributed by atoms with Crippen LogP contribution in [0.1, 0.15) is 0 Å². The van der Waals surface area contributed by atoms with Gasteiger partial charge in [0.25, 0.3) is 30.4 Å². The minimum Gasteiger partial charge on any atom is -0.505 e. The zero-order valence-corrected chi connectivity index (χ0v) is 33.3. The maximum Gasteiger partial charge on any atom is 0.397 e. The summed E-state index contributed by atoms with van der Waals surface area (Å²) in [6, 6.07) is 9.86. The van der Waals surface area contributed by atoms with E-state index in [1.807, 2.05) is 0 Å². The van der Waals surface area contributed by atoms with Crippen LogP contribution >= 0.6 is 11.6 Å². The number of anilines is 4. The Morgan fingerprint density at radius 3 is 1.90 bits per heavy atom. The Hall–Kier alpha value is -5.21. The second kappa shape index (κ2) is 16.2. The van der Waals surface area contributed by atoms with Crippen LogP contribution in [0, 0.1) is 0 Å².